The van der Waals surface area contributed by atoms with Crippen LogP contribution in [0.1, 0.15) is 68.9 Å². The summed E-state index contributed by atoms with van der Waals surface area (Å²) >= 11 is 0. The van der Waals surface area contributed by atoms with E-state index in [9.17, 15) is 5.11 Å². The summed E-state index contributed by atoms with van der Waals surface area (Å²) in [6.07, 6.45) is 13.9. The number of hydrogen-bond donors (Lipinski definition) is 1. The molecule has 0 aliphatic heterocycles. The zero-order valence-corrected chi connectivity index (χ0v) is 12.4. The first-order valence-electron chi connectivity index (χ1n) is 8.26. The molecule has 1 heteroatoms. The molecule has 0 spiro atoms. The van der Waals surface area contributed by atoms with Crippen LogP contribution in [0.5, 0.6) is 0 Å². The van der Waals surface area contributed by atoms with E-state index in [1.165, 1.54) is 61.6 Å². The van der Waals surface area contributed by atoms with Gasteiger partial charge in [-0.15, -0.1) is 0 Å². The van der Waals surface area contributed by atoms with Gasteiger partial charge in [-0.3, -0.25) is 0 Å². The largest absolute Gasteiger partial charge is 0.390 e. The van der Waals surface area contributed by atoms with Gasteiger partial charge in [-0.25, -0.2) is 0 Å². The van der Waals surface area contributed by atoms with E-state index in [-0.39, 0.29) is 0 Å². The zero-order chi connectivity index (χ0) is 13.8. The maximum absolute atomic E-state index is 10.6. The normalized spacial score (nSPS) is 22.4. The molecule has 1 nitrogen and oxygen atoms in total. The van der Waals surface area contributed by atoms with Crippen molar-refractivity contribution in [2.75, 3.05) is 0 Å². The van der Waals surface area contributed by atoms with E-state index in [1.807, 2.05) is 0 Å². The first kappa shape index (κ1) is 13.9. The van der Waals surface area contributed by atoms with Crippen LogP contribution in [-0.4, -0.2) is 10.7 Å². The Labute approximate surface area is 122 Å². The highest BCUT2D eigenvalue weighted by molar-refractivity contribution is 5.66. The van der Waals surface area contributed by atoms with Gasteiger partial charge < -0.3 is 5.11 Å². The molecule has 0 radical (unpaired) electrons. The van der Waals surface area contributed by atoms with Crippen molar-refractivity contribution >= 4 is 5.57 Å². The van der Waals surface area contributed by atoms with Crippen molar-refractivity contribution in [2.24, 2.45) is 0 Å². The summed E-state index contributed by atoms with van der Waals surface area (Å²) < 4.78 is 0. The highest BCUT2D eigenvalue weighted by atomic mass is 16.3. The molecule has 1 aromatic carbocycles. The molecule has 2 aliphatic carbocycles. The summed E-state index contributed by atoms with van der Waals surface area (Å²) in [7, 11) is 0. The van der Waals surface area contributed by atoms with Crippen LogP contribution in [0, 0.1) is 0 Å². The average Bonchev–Trinajstić information content (AvgIpc) is 2.49. The van der Waals surface area contributed by atoms with Gasteiger partial charge in [-0.05, 0) is 55.2 Å². The summed E-state index contributed by atoms with van der Waals surface area (Å²) in [5.74, 6) is 0. The smallest absolute Gasteiger partial charge is 0.0688 e. The van der Waals surface area contributed by atoms with Gasteiger partial charge in [0, 0.05) is 6.42 Å². The molecule has 0 saturated heterocycles. The minimum Gasteiger partial charge on any atom is -0.390 e. The number of aliphatic hydroxyl groups is 1. The van der Waals surface area contributed by atoms with Gasteiger partial charge in [-0.2, -0.15) is 0 Å². The van der Waals surface area contributed by atoms with Crippen molar-refractivity contribution in [3.8, 4) is 0 Å². The predicted molar refractivity (Wildman–Crippen MR) is 84.6 cm³/mol. The predicted octanol–water partition coefficient (Wildman–Crippen LogP) is 4.88. The van der Waals surface area contributed by atoms with Gasteiger partial charge >= 0.3 is 0 Å². The minimum absolute atomic E-state index is 0.441. The molecule has 1 saturated carbocycles. The molecule has 1 N–H and O–H groups in total. The van der Waals surface area contributed by atoms with Gasteiger partial charge in [0.15, 0.2) is 0 Å². The minimum atomic E-state index is -0.441. The van der Waals surface area contributed by atoms with Crippen molar-refractivity contribution < 1.29 is 5.11 Å². The van der Waals surface area contributed by atoms with Crippen molar-refractivity contribution in [3.63, 3.8) is 0 Å². The van der Waals surface area contributed by atoms with E-state index in [0.29, 0.717) is 0 Å². The van der Waals surface area contributed by atoms with E-state index in [2.05, 4.69) is 30.3 Å². The standard InChI is InChI=1S/C19H26O/c20-19(13-5-2-6-14-19)15-16-9-11-18(12-10-16)17-7-3-1-4-8-17/h7,9-12,20H,1-6,8,13-15H2. The molecule has 1 fully saturated rings. The summed E-state index contributed by atoms with van der Waals surface area (Å²) in [6.45, 7) is 0. The average molecular weight is 270 g/mol. The van der Waals surface area contributed by atoms with Crippen molar-refractivity contribution in [3.05, 3.63) is 41.5 Å². The summed E-state index contributed by atoms with van der Waals surface area (Å²) in [5.41, 5.74) is 3.74. The summed E-state index contributed by atoms with van der Waals surface area (Å²) in [4.78, 5) is 0. The lowest BCUT2D eigenvalue weighted by molar-refractivity contribution is 0.00449. The third-order valence-corrected chi connectivity index (χ3v) is 4.93. The third kappa shape index (κ3) is 3.32. The highest BCUT2D eigenvalue weighted by Gasteiger charge is 2.29. The summed E-state index contributed by atoms with van der Waals surface area (Å²) in [6, 6.07) is 8.94. The molecule has 0 aromatic heterocycles. The maximum atomic E-state index is 10.6. The fourth-order valence-corrected chi connectivity index (χ4v) is 3.70. The zero-order valence-electron chi connectivity index (χ0n) is 12.4. The van der Waals surface area contributed by atoms with E-state index in [4.69, 9.17) is 0 Å². The fraction of sp³-hybridized carbons (Fsp3) is 0.579. The monoisotopic (exact) mass is 270 g/mol. The van der Waals surface area contributed by atoms with Crippen LogP contribution in [0.25, 0.3) is 5.57 Å². The van der Waals surface area contributed by atoms with Crippen LogP contribution in [0.2, 0.25) is 0 Å². The highest BCUT2D eigenvalue weighted by Crippen LogP contribution is 2.32. The van der Waals surface area contributed by atoms with Crippen LogP contribution in [0.15, 0.2) is 30.3 Å². The van der Waals surface area contributed by atoms with Crippen molar-refractivity contribution in [2.45, 2.75) is 69.8 Å². The SMILES string of the molecule is OC1(Cc2ccc(C3=CCCCC3)cc2)CCCCC1. The molecule has 3 rings (SSSR count). The Morgan fingerprint density at radius 2 is 1.65 bits per heavy atom. The molecule has 0 heterocycles. The van der Waals surface area contributed by atoms with Crippen LogP contribution in [0.3, 0.4) is 0 Å². The number of rotatable bonds is 3. The van der Waals surface area contributed by atoms with Crippen molar-refractivity contribution in [1.29, 1.82) is 0 Å². The van der Waals surface area contributed by atoms with Gasteiger partial charge in [-0.1, -0.05) is 49.6 Å². The van der Waals surface area contributed by atoms with Gasteiger partial charge in [0.05, 0.1) is 5.60 Å². The molecule has 0 amide bonds. The molecule has 0 unspecified atom stereocenters. The van der Waals surface area contributed by atoms with E-state index in [0.717, 1.165) is 19.3 Å². The lowest BCUT2D eigenvalue weighted by Crippen LogP contribution is -2.33. The second-order valence-corrected chi connectivity index (χ2v) is 6.63. The molecule has 20 heavy (non-hydrogen) atoms. The lowest BCUT2D eigenvalue weighted by Gasteiger charge is -2.32. The number of hydrogen-bond acceptors (Lipinski definition) is 1. The third-order valence-electron chi connectivity index (χ3n) is 4.93. The Morgan fingerprint density at radius 1 is 0.900 bits per heavy atom. The van der Waals surface area contributed by atoms with Crippen LogP contribution in [0.4, 0.5) is 0 Å². The van der Waals surface area contributed by atoms with Gasteiger partial charge in [0.25, 0.3) is 0 Å². The Morgan fingerprint density at radius 3 is 2.30 bits per heavy atom. The van der Waals surface area contributed by atoms with Crippen LogP contribution < -0.4 is 0 Å². The second-order valence-electron chi connectivity index (χ2n) is 6.63. The molecule has 0 bridgehead atoms. The Kier molecular flexibility index (Phi) is 4.26. The van der Waals surface area contributed by atoms with E-state index in [1.54, 1.807) is 0 Å². The Balaban J connectivity index is 1.68. The van der Waals surface area contributed by atoms with E-state index >= 15 is 0 Å². The van der Waals surface area contributed by atoms with Crippen LogP contribution in [-0.2, 0) is 6.42 Å². The fourth-order valence-electron chi connectivity index (χ4n) is 3.70. The maximum Gasteiger partial charge on any atom is 0.0688 e. The number of benzene rings is 1. The molecule has 1 aromatic rings. The topological polar surface area (TPSA) is 20.2 Å². The Hall–Kier alpha value is -1.08. The molecule has 0 atom stereocenters. The molecular weight excluding hydrogens is 244 g/mol. The molecular formula is C19H26O. The lowest BCUT2D eigenvalue weighted by atomic mass is 9.80. The first-order valence-corrected chi connectivity index (χ1v) is 8.26. The molecule has 108 valence electrons. The Bertz CT molecular complexity index is 463. The van der Waals surface area contributed by atoms with Gasteiger partial charge in [0.2, 0.25) is 0 Å². The summed E-state index contributed by atoms with van der Waals surface area (Å²) in [5, 5.41) is 10.6. The van der Waals surface area contributed by atoms with Gasteiger partial charge in [0.1, 0.15) is 0 Å². The second kappa shape index (κ2) is 6.13. The quantitative estimate of drug-likeness (QED) is 0.829. The van der Waals surface area contributed by atoms with Crippen LogP contribution >= 0.6 is 0 Å². The first-order chi connectivity index (χ1) is 9.75. The molecule has 2 aliphatic rings. The van der Waals surface area contributed by atoms with E-state index < -0.39 is 5.60 Å². The number of allylic oxidation sites excluding steroid dienone is 2. The van der Waals surface area contributed by atoms with Crippen molar-refractivity contribution in [1.82, 2.24) is 0 Å².